The Bertz CT molecular complexity index is 786. The van der Waals surface area contributed by atoms with Crippen molar-refractivity contribution in [1.29, 1.82) is 0 Å². The summed E-state index contributed by atoms with van der Waals surface area (Å²) >= 11 is 0. The molecule has 118 valence electrons. The van der Waals surface area contributed by atoms with Crippen LogP contribution in [0.4, 0.5) is 8.78 Å². The van der Waals surface area contributed by atoms with Crippen LogP contribution in [0.3, 0.4) is 0 Å². The van der Waals surface area contributed by atoms with E-state index in [9.17, 15) is 8.78 Å². The molecule has 0 spiro atoms. The van der Waals surface area contributed by atoms with Crippen LogP contribution in [-0.4, -0.2) is 14.5 Å². The maximum absolute atomic E-state index is 13.6. The molecule has 0 aliphatic carbocycles. The Hall–Kier alpha value is -2.60. The van der Waals surface area contributed by atoms with E-state index in [-0.39, 0.29) is 6.04 Å². The van der Waals surface area contributed by atoms with Gasteiger partial charge in [-0.3, -0.25) is 10.3 Å². The van der Waals surface area contributed by atoms with E-state index in [1.165, 1.54) is 6.07 Å². The molecule has 3 aromatic rings. The Morgan fingerprint density at radius 3 is 2.70 bits per heavy atom. The highest BCUT2D eigenvalue weighted by Crippen LogP contribution is 2.22. The molecule has 0 fully saturated rings. The lowest BCUT2D eigenvalue weighted by Crippen LogP contribution is -2.25. The molecule has 1 atom stereocenters. The topological polar surface area (TPSA) is 42.7 Å². The molecule has 6 heteroatoms. The van der Waals surface area contributed by atoms with Gasteiger partial charge in [0.2, 0.25) is 0 Å². The van der Waals surface area contributed by atoms with Crippen molar-refractivity contribution in [3.8, 4) is 0 Å². The van der Waals surface area contributed by atoms with E-state index >= 15 is 0 Å². The third-order valence-electron chi connectivity index (χ3n) is 3.63. The lowest BCUT2D eigenvalue weighted by molar-refractivity contribution is 0.499. The molecule has 0 saturated carbocycles. The van der Waals surface area contributed by atoms with Gasteiger partial charge in [-0.1, -0.05) is 12.1 Å². The summed E-state index contributed by atoms with van der Waals surface area (Å²) < 4.78 is 28.7. The van der Waals surface area contributed by atoms with Gasteiger partial charge in [-0.25, -0.2) is 13.8 Å². The van der Waals surface area contributed by atoms with Crippen LogP contribution in [-0.2, 0) is 13.6 Å². The molecule has 0 radical (unpaired) electrons. The van der Waals surface area contributed by atoms with Gasteiger partial charge in [-0.05, 0) is 29.3 Å². The normalized spacial score (nSPS) is 12.3. The molecule has 2 aromatic heterocycles. The zero-order valence-electron chi connectivity index (χ0n) is 12.6. The number of nitrogens with zero attached hydrogens (tertiary/aromatic N) is 3. The van der Waals surface area contributed by atoms with Crippen LogP contribution in [0.1, 0.15) is 23.0 Å². The first-order chi connectivity index (χ1) is 11.1. The number of halogens is 2. The van der Waals surface area contributed by atoms with Crippen molar-refractivity contribution < 1.29 is 8.78 Å². The number of nitrogens with one attached hydrogen (secondary N) is 1. The van der Waals surface area contributed by atoms with Gasteiger partial charge in [0.25, 0.3) is 0 Å². The summed E-state index contributed by atoms with van der Waals surface area (Å²) in [4.78, 5) is 8.40. The molecule has 1 N–H and O–H groups in total. The number of imidazole rings is 1. The molecule has 2 heterocycles. The first-order valence-corrected chi connectivity index (χ1v) is 7.19. The van der Waals surface area contributed by atoms with Crippen molar-refractivity contribution >= 4 is 0 Å². The molecule has 23 heavy (non-hydrogen) atoms. The molecule has 0 bridgehead atoms. The Kier molecular flexibility index (Phi) is 4.43. The first kappa shape index (κ1) is 15.3. The molecule has 4 nitrogen and oxygen atoms in total. The number of rotatable bonds is 5. The predicted octanol–water partition coefficient (Wildman–Crippen LogP) is 2.97. The summed E-state index contributed by atoms with van der Waals surface area (Å²) in [6, 6.07) is 7.33. The maximum Gasteiger partial charge on any atom is 0.159 e. The Balaban J connectivity index is 1.90. The average Bonchev–Trinajstić information content (AvgIpc) is 2.98. The highest BCUT2D eigenvalue weighted by molar-refractivity contribution is 5.27. The van der Waals surface area contributed by atoms with Crippen molar-refractivity contribution in [1.82, 2.24) is 19.9 Å². The summed E-state index contributed by atoms with van der Waals surface area (Å²) in [5.74, 6) is -1.01. The van der Waals surface area contributed by atoms with Gasteiger partial charge >= 0.3 is 0 Å². The van der Waals surface area contributed by atoms with E-state index in [0.29, 0.717) is 12.1 Å². The number of pyridine rings is 1. The second-order valence-electron chi connectivity index (χ2n) is 5.25. The minimum absolute atomic E-state index is 0.356. The molecule has 1 aromatic carbocycles. The van der Waals surface area contributed by atoms with E-state index in [1.807, 2.05) is 29.9 Å². The molecule has 0 aliphatic rings. The van der Waals surface area contributed by atoms with Crippen LogP contribution in [0.2, 0.25) is 0 Å². The molecule has 0 saturated heterocycles. The van der Waals surface area contributed by atoms with Crippen LogP contribution in [0.25, 0.3) is 0 Å². The zero-order valence-corrected chi connectivity index (χ0v) is 12.6. The summed E-state index contributed by atoms with van der Waals surface area (Å²) in [5, 5.41) is 3.33. The largest absolute Gasteiger partial charge is 0.336 e. The molecule has 1 unspecified atom stereocenters. The summed E-state index contributed by atoms with van der Waals surface area (Å²) in [6.07, 6.45) is 6.95. The Labute approximate surface area is 132 Å². The van der Waals surface area contributed by atoms with E-state index < -0.39 is 11.6 Å². The fourth-order valence-electron chi connectivity index (χ4n) is 2.43. The summed E-state index contributed by atoms with van der Waals surface area (Å²) in [6.45, 7) is 0.532. The van der Waals surface area contributed by atoms with Crippen molar-refractivity contribution in [3.05, 3.63) is 83.7 Å². The van der Waals surface area contributed by atoms with Gasteiger partial charge in [0.15, 0.2) is 11.6 Å². The first-order valence-electron chi connectivity index (χ1n) is 7.19. The third-order valence-corrected chi connectivity index (χ3v) is 3.63. The van der Waals surface area contributed by atoms with Gasteiger partial charge in [0.05, 0.1) is 6.04 Å². The zero-order chi connectivity index (χ0) is 16.2. The number of hydrogen-bond donors (Lipinski definition) is 1. The second-order valence-corrected chi connectivity index (χ2v) is 5.25. The lowest BCUT2D eigenvalue weighted by atomic mass is 10.1. The SMILES string of the molecule is Cn1ccnc1C(NCc1cccnc1)c1ccc(F)c(F)c1. The summed E-state index contributed by atoms with van der Waals surface area (Å²) in [5.41, 5.74) is 1.61. The standard InChI is InChI=1S/C17H16F2N4/c1-23-8-7-21-17(23)16(13-4-5-14(18)15(19)9-13)22-11-12-3-2-6-20-10-12/h2-10,16,22H,11H2,1H3. The van der Waals surface area contributed by atoms with Crippen LogP contribution >= 0.6 is 0 Å². The number of hydrogen-bond acceptors (Lipinski definition) is 3. The number of aromatic nitrogens is 3. The maximum atomic E-state index is 13.6. The fraction of sp³-hybridized carbons (Fsp3) is 0.176. The third kappa shape index (κ3) is 3.43. The van der Waals surface area contributed by atoms with E-state index in [0.717, 1.165) is 17.5 Å². The lowest BCUT2D eigenvalue weighted by Gasteiger charge is -2.19. The Morgan fingerprint density at radius 1 is 1.17 bits per heavy atom. The summed E-state index contributed by atoms with van der Waals surface area (Å²) in [7, 11) is 1.86. The highest BCUT2D eigenvalue weighted by atomic mass is 19.2. The van der Waals surface area contributed by atoms with Gasteiger partial charge in [-0.15, -0.1) is 0 Å². The highest BCUT2D eigenvalue weighted by Gasteiger charge is 2.19. The van der Waals surface area contributed by atoms with E-state index in [4.69, 9.17) is 0 Å². The van der Waals surface area contributed by atoms with Crippen LogP contribution in [0.5, 0.6) is 0 Å². The quantitative estimate of drug-likeness (QED) is 0.787. The minimum Gasteiger partial charge on any atom is -0.336 e. The van der Waals surface area contributed by atoms with Gasteiger partial charge in [-0.2, -0.15) is 0 Å². The molecular formula is C17H16F2N4. The van der Waals surface area contributed by atoms with Crippen molar-refractivity contribution in [2.75, 3.05) is 0 Å². The van der Waals surface area contributed by atoms with Crippen molar-refractivity contribution in [2.24, 2.45) is 7.05 Å². The predicted molar refractivity (Wildman–Crippen MR) is 82.5 cm³/mol. The van der Waals surface area contributed by atoms with E-state index in [1.54, 1.807) is 24.7 Å². The van der Waals surface area contributed by atoms with Crippen molar-refractivity contribution in [2.45, 2.75) is 12.6 Å². The second kappa shape index (κ2) is 6.66. The molecular weight excluding hydrogens is 298 g/mol. The monoisotopic (exact) mass is 314 g/mol. The van der Waals surface area contributed by atoms with Gasteiger partial charge < -0.3 is 4.57 Å². The van der Waals surface area contributed by atoms with Gasteiger partial charge in [0, 0.05) is 38.4 Å². The van der Waals surface area contributed by atoms with Crippen molar-refractivity contribution in [3.63, 3.8) is 0 Å². The average molecular weight is 314 g/mol. The van der Waals surface area contributed by atoms with Crippen LogP contribution < -0.4 is 5.32 Å². The van der Waals surface area contributed by atoms with Gasteiger partial charge in [0.1, 0.15) is 5.82 Å². The fourth-order valence-corrected chi connectivity index (χ4v) is 2.43. The smallest absolute Gasteiger partial charge is 0.159 e. The minimum atomic E-state index is -0.870. The molecule has 0 amide bonds. The molecule has 0 aliphatic heterocycles. The Morgan fingerprint density at radius 2 is 2.04 bits per heavy atom. The number of aryl methyl sites for hydroxylation is 1. The molecule has 3 rings (SSSR count). The van der Waals surface area contributed by atoms with Crippen LogP contribution in [0.15, 0.2) is 55.1 Å². The number of benzene rings is 1. The van der Waals surface area contributed by atoms with Crippen LogP contribution in [0, 0.1) is 11.6 Å². The van der Waals surface area contributed by atoms with E-state index in [2.05, 4.69) is 15.3 Å².